The molecule has 0 aliphatic carbocycles. The monoisotopic (exact) mass is 310 g/mol. The smallest absolute Gasteiger partial charge is 0.254 e. The second-order valence-electron chi connectivity index (χ2n) is 6.47. The number of nitrogen functional groups attached to an aromatic ring is 1. The maximum absolute atomic E-state index is 12.7. The highest BCUT2D eigenvalue weighted by Gasteiger charge is 2.32. The Morgan fingerprint density at radius 1 is 1.43 bits per heavy atom. The van der Waals surface area contributed by atoms with E-state index in [2.05, 4.69) is 13.8 Å². The van der Waals surface area contributed by atoms with E-state index in [1.165, 1.54) is 19.3 Å². The summed E-state index contributed by atoms with van der Waals surface area (Å²) in [6.45, 7) is 8.23. The van der Waals surface area contributed by atoms with Gasteiger partial charge in [0.2, 0.25) is 0 Å². The lowest BCUT2D eigenvalue weighted by Gasteiger charge is -2.40. The zero-order valence-corrected chi connectivity index (χ0v) is 14.1. The summed E-state index contributed by atoms with van der Waals surface area (Å²) in [6.07, 6.45) is 4.69. The molecule has 1 heterocycles. The van der Waals surface area contributed by atoms with Crippen molar-refractivity contribution in [3.05, 3.63) is 29.3 Å². The lowest BCUT2D eigenvalue weighted by atomic mass is 9.78. The third-order valence-corrected chi connectivity index (χ3v) is 4.41. The number of aryl methyl sites for hydroxylation is 1. The van der Waals surface area contributed by atoms with Crippen LogP contribution in [-0.2, 0) is 0 Å². The van der Waals surface area contributed by atoms with Crippen molar-refractivity contribution in [1.29, 1.82) is 0 Å². The third-order valence-electron chi connectivity index (χ3n) is 4.41. The van der Waals surface area contributed by atoms with Crippen LogP contribution in [-0.4, -0.2) is 23.9 Å². The summed E-state index contributed by atoms with van der Waals surface area (Å²) in [6, 6.07) is 5.59. The molecule has 1 aliphatic rings. The van der Waals surface area contributed by atoms with Crippen molar-refractivity contribution in [3.8, 4) is 0 Å². The summed E-state index contributed by atoms with van der Waals surface area (Å²) < 4.78 is 0. The Balaban J connectivity index is 0.00000220. The molecule has 21 heavy (non-hydrogen) atoms. The van der Waals surface area contributed by atoms with Crippen molar-refractivity contribution in [2.24, 2.45) is 5.41 Å². The van der Waals surface area contributed by atoms with Gasteiger partial charge in [-0.25, -0.2) is 0 Å². The number of rotatable bonds is 3. The summed E-state index contributed by atoms with van der Waals surface area (Å²) in [5.74, 6) is 0.136. The van der Waals surface area contributed by atoms with Crippen LogP contribution in [0.15, 0.2) is 18.2 Å². The van der Waals surface area contributed by atoms with Gasteiger partial charge in [0.05, 0.1) is 0 Å². The molecule has 1 aromatic carbocycles. The molecular formula is C17H27ClN2O. The maximum atomic E-state index is 12.7. The molecule has 1 unspecified atom stereocenters. The second-order valence-corrected chi connectivity index (χ2v) is 6.47. The van der Waals surface area contributed by atoms with E-state index in [1.807, 2.05) is 30.0 Å². The van der Waals surface area contributed by atoms with Gasteiger partial charge < -0.3 is 10.6 Å². The molecule has 0 aromatic heterocycles. The minimum Gasteiger partial charge on any atom is -0.399 e. The quantitative estimate of drug-likeness (QED) is 0.856. The summed E-state index contributed by atoms with van der Waals surface area (Å²) >= 11 is 0. The molecule has 0 saturated carbocycles. The molecule has 0 radical (unpaired) electrons. The Morgan fingerprint density at radius 2 is 2.14 bits per heavy atom. The highest BCUT2D eigenvalue weighted by Crippen LogP contribution is 2.34. The van der Waals surface area contributed by atoms with Gasteiger partial charge >= 0.3 is 0 Å². The Labute approximate surface area is 134 Å². The fourth-order valence-corrected chi connectivity index (χ4v) is 3.34. The standard InChI is InChI=1S/C17H26N2O.ClH/c1-4-8-17(3)9-5-10-19(12-17)16(20)15-11-14(18)7-6-13(15)2;/h6-7,11H,4-5,8-10,12,18H2,1-3H3;1H. The lowest BCUT2D eigenvalue weighted by Crippen LogP contribution is -2.45. The normalized spacial score (nSPS) is 21.8. The van der Waals surface area contributed by atoms with Crippen LogP contribution in [0.3, 0.4) is 0 Å². The second kappa shape index (κ2) is 7.17. The number of nitrogens with two attached hydrogens (primary N) is 1. The molecule has 3 nitrogen and oxygen atoms in total. The number of likely N-dealkylation sites (tertiary alicyclic amines) is 1. The van der Waals surface area contributed by atoms with Gasteiger partial charge in [-0.05, 0) is 49.3 Å². The van der Waals surface area contributed by atoms with E-state index in [1.54, 1.807) is 0 Å². The van der Waals surface area contributed by atoms with Crippen molar-refractivity contribution in [2.45, 2.75) is 46.5 Å². The van der Waals surface area contributed by atoms with Crippen molar-refractivity contribution in [1.82, 2.24) is 4.90 Å². The molecule has 2 N–H and O–H groups in total. The van der Waals surface area contributed by atoms with Crippen LogP contribution in [0.25, 0.3) is 0 Å². The molecular weight excluding hydrogens is 284 g/mol. The van der Waals surface area contributed by atoms with E-state index < -0.39 is 0 Å². The van der Waals surface area contributed by atoms with E-state index in [9.17, 15) is 4.79 Å². The fourth-order valence-electron chi connectivity index (χ4n) is 3.34. The van der Waals surface area contributed by atoms with Gasteiger partial charge in [0, 0.05) is 24.3 Å². The summed E-state index contributed by atoms with van der Waals surface area (Å²) in [5.41, 5.74) is 8.52. The van der Waals surface area contributed by atoms with E-state index in [-0.39, 0.29) is 23.7 Å². The first kappa shape index (κ1) is 17.8. The highest BCUT2D eigenvalue weighted by atomic mass is 35.5. The Hall–Kier alpha value is -1.22. The van der Waals surface area contributed by atoms with Crippen LogP contribution in [0.1, 0.15) is 55.5 Å². The summed E-state index contributed by atoms with van der Waals surface area (Å²) in [5, 5.41) is 0. The molecule has 0 bridgehead atoms. The van der Waals surface area contributed by atoms with Crippen molar-refractivity contribution < 1.29 is 4.79 Å². The Morgan fingerprint density at radius 3 is 2.81 bits per heavy atom. The molecule has 0 spiro atoms. The van der Waals surface area contributed by atoms with Crippen LogP contribution in [0.5, 0.6) is 0 Å². The molecule has 1 amide bonds. The van der Waals surface area contributed by atoms with Crippen molar-refractivity contribution >= 4 is 24.0 Å². The van der Waals surface area contributed by atoms with E-state index in [4.69, 9.17) is 5.73 Å². The molecule has 1 aliphatic heterocycles. The Bertz CT molecular complexity index is 500. The van der Waals surface area contributed by atoms with Crippen molar-refractivity contribution in [3.63, 3.8) is 0 Å². The van der Waals surface area contributed by atoms with Crippen LogP contribution >= 0.6 is 12.4 Å². The summed E-state index contributed by atoms with van der Waals surface area (Å²) in [4.78, 5) is 14.7. The average molecular weight is 311 g/mol. The maximum Gasteiger partial charge on any atom is 0.254 e. The van der Waals surface area contributed by atoms with Crippen LogP contribution in [0, 0.1) is 12.3 Å². The van der Waals surface area contributed by atoms with Gasteiger partial charge in [-0.15, -0.1) is 12.4 Å². The molecule has 1 atom stereocenters. The van der Waals surface area contributed by atoms with Gasteiger partial charge in [-0.2, -0.15) is 0 Å². The van der Waals surface area contributed by atoms with E-state index in [0.29, 0.717) is 5.69 Å². The number of amides is 1. The molecule has 118 valence electrons. The molecule has 4 heteroatoms. The predicted octanol–water partition coefficient (Wildman–Crippen LogP) is 4.04. The number of piperidine rings is 1. The van der Waals surface area contributed by atoms with Gasteiger partial charge in [0.1, 0.15) is 0 Å². The fraction of sp³-hybridized carbons (Fsp3) is 0.588. The van der Waals surface area contributed by atoms with E-state index >= 15 is 0 Å². The lowest BCUT2D eigenvalue weighted by molar-refractivity contribution is 0.0529. The zero-order chi connectivity index (χ0) is 14.8. The number of benzene rings is 1. The van der Waals surface area contributed by atoms with Crippen LogP contribution in [0.4, 0.5) is 5.69 Å². The van der Waals surface area contributed by atoms with Crippen molar-refractivity contribution in [2.75, 3.05) is 18.8 Å². The Kier molecular flexibility index (Phi) is 6.09. The van der Waals surface area contributed by atoms with Gasteiger partial charge in [-0.3, -0.25) is 4.79 Å². The molecule has 1 aromatic rings. The van der Waals surface area contributed by atoms with E-state index in [0.717, 1.165) is 30.6 Å². The highest BCUT2D eigenvalue weighted by molar-refractivity contribution is 5.96. The SMILES string of the molecule is CCCC1(C)CCCN(C(=O)c2cc(N)ccc2C)C1.Cl. The number of anilines is 1. The first-order chi connectivity index (χ1) is 9.45. The first-order valence-corrected chi connectivity index (χ1v) is 7.60. The minimum absolute atomic E-state index is 0. The summed E-state index contributed by atoms with van der Waals surface area (Å²) in [7, 11) is 0. The largest absolute Gasteiger partial charge is 0.399 e. The average Bonchev–Trinajstić information content (AvgIpc) is 2.40. The van der Waals surface area contributed by atoms with Crippen LogP contribution < -0.4 is 5.73 Å². The van der Waals surface area contributed by atoms with Gasteiger partial charge in [0.15, 0.2) is 0 Å². The molecule has 2 rings (SSSR count). The van der Waals surface area contributed by atoms with Crippen LogP contribution in [0.2, 0.25) is 0 Å². The first-order valence-electron chi connectivity index (χ1n) is 7.60. The number of carbonyl (C=O) groups excluding carboxylic acids is 1. The van der Waals surface area contributed by atoms with Gasteiger partial charge in [-0.1, -0.05) is 26.3 Å². The van der Waals surface area contributed by atoms with Gasteiger partial charge in [0.25, 0.3) is 5.91 Å². The predicted molar refractivity (Wildman–Crippen MR) is 91.0 cm³/mol. The number of hydrogen-bond donors (Lipinski definition) is 1. The minimum atomic E-state index is 0. The number of hydrogen-bond acceptors (Lipinski definition) is 2. The molecule has 1 saturated heterocycles. The topological polar surface area (TPSA) is 46.3 Å². The zero-order valence-electron chi connectivity index (χ0n) is 13.3. The number of nitrogens with zero attached hydrogens (tertiary/aromatic N) is 1. The molecule has 1 fully saturated rings. The third kappa shape index (κ3) is 4.13. The number of carbonyl (C=O) groups is 1. The number of halogens is 1.